The maximum atomic E-state index is 13.8. The number of nitrogens with zero attached hydrogens (tertiary/aromatic N) is 3. The van der Waals surface area contributed by atoms with E-state index in [0.29, 0.717) is 17.0 Å². The lowest BCUT2D eigenvalue weighted by atomic mass is 9.98. The van der Waals surface area contributed by atoms with E-state index in [-0.39, 0.29) is 28.3 Å². The van der Waals surface area contributed by atoms with Crippen LogP contribution in [0.3, 0.4) is 0 Å². The molecular weight excluding hydrogens is 511 g/mol. The molecule has 0 aliphatic carbocycles. The van der Waals surface area contributed by atoms with Crippen LogP contribution < -0.4 is 4.72 Å². The summed E-state index contributed by atoms with van der Waals surface area (Å²) in [5.41, 5.74) is 0.980. The molecule has 1 atom stereocenters. The molecule has 1 unspecified atom stereocenters. The summed E-state index contributed by atoms with van der Waals surface area (Å²) in [5, 5.41) is 16.0. The minimum absolute atomic E-state index is 0.000563. The Morgan fingerprint density at radius 1 is 1.06 bits per heavy atom. The second-order valence-electron chi connectivity index (χ2n) is 7.90. The Morgan fingerprint density at radius 2 is 1.75 bits per heavy atom. The second-order valence-corrected chi connectivity index (χ2v) is 11.7. The first-order valence-electron chi connectivity index (χ1n) is 10.7. The van der Waals surface area contributed by atoms with Gasteiger partial charge in [0.15, 0.2) is 0 Å². The maximum absolute atomic E-state index is 13.8. The molecule has 0 saturated heterocycles. The Labute approximate surface area is 207 Å². The summed E-state index contributed by atoms with van der Waals surface area (Å²) < 4.78 is 67.6. The molecule has 1 N–H and O–H groups in total. The minimum Gasteiger partial charge on any atom is -0.284 e. The molecule has 188 valence electrons. The number of nitro groups is 1. The number of hydrazone groups is 1. The van der Waals surface area contributed by atoms with Gasteiger partial charge in [-0.2, -0.15) is 17.9 Å². The van der Waals surface area contributed by atoms with Gasteiger partial charge in [-0.3, -0.25) is 14.8 Å². The van der Waals surface area contributed by atoms with Gasteiger partial charge in [0.2, 0.25) is 10.0 Å². The van der Waals surface area contributed by atoms with Crippen molar-refractivity contribution in [1.29, 1.82) is 0 Å². The van der Waals surface area contributed by atoms with Crippen LogP contribution in [-0.4, -0.2) is 37.6 Å². The topological polar surface area (TPSA) is 139 Å². The minimum atomic E-state index is -4.39. The molecule has 0 radical (unpaired) electrons. The SMILES string of the molecule is CCS(=O)(=O)Nc1ccc(C2=NN(S(=O)(=O)c3cccc(F)c3)C(c3ccccc3[N+](=O)[O-])C2)cc1. The largest absolute Gasteiger partial charge is 0.284 e. The van der Waals surface area contributed by atoms with Gasteiger partial charge < -0.3 is 0 Å². The average molecular weight is 533 g/mol. The van der Waals surface area contributed by atoms with Gasteiger partial charge in [-0.25, -0.2) is 12.8 Å². The molecule has 3 aromatic carbocycles. The summed E-state index contributed by atoms with van der Waals surface area (Å²) in [6.07, 6.45) is -0.000563. The number of para-hydroxylation sites is 1. The Morgan fingerprint density at radius 3 is 2.39 bits per heavy atom. The van der Waals surface area contributed by atoms with Gasteiger partial charge in [0.05, 0.1) is 26.8 Å². The fraction of sp³-hybridized carbons (Fsp3) is 0.174. The van der Waals surface area contributed by atoms with Crippen molar-refractivity contribution in [3.8, 4) is 0 Å². The fourth-order valence-corrected chi connectivity index (χ4v) is 5.87. The highest BCUT2D eigenvalue weighted by molar-refractivity contribution is 7.92. The van der Waals surface area contributed by atoms with Crippen LogP contribution in [0, 0.1) is 15.9 Å². The molecule has 0 amide bonds. The van der Waals surface area contributed by atoms with E-state index >= 15 is 0 Å². The van der Waals surface area contributed by atoms with Gasteiger partial charge >= 0.3 is 0 Å². The Bertz CT molecular complexity index is 1560. The van der Waals surface area contributed by atoms with Gasteiger partial charge in [0.25, 0.3) is 15.7 Å². The highest BCUT2D eigenvalue weighted by Gasteiger charge is 2.40. The lowest BCUT2D eigenvalue weighted by Crippen LogP contribution is -2.28. The number of halogens is 1. The van der Waals surface area contributed by atoms with Gasteiger partial charge in [-0.1, -0.05) is 30.3 Å². The van der Waals surface area contributed by atoms with E-state index in [9.17, 15) is 31.3 Å². The van der Waals surface area contributed by atoms with Crippen LogP contribution >= 0.6 is 0 Å². The van der Waals surface area contributed by atoms with Crippen molar-refractivity contribution in [3.63, 3.8) is 0 Å². The van der Waals surface area contributed by atoms with E-state index < -0.39 is 36.8 Å². The van der Waals surface area contributed by atoms with Crippen LogP contribution in [0.5, 0.6) is 0 Å². The molecule has 13 heteroatoms. The zero-order valence-electron chi connectivity index (χ0n) is 18.9. The molecule has 0 fully saturated rings. The first-order chi connectivity index (χ1) is 17.0. The third-order valence-corrected chi connectivity index (χ3v) is 8.56. The van der Waals surface area contributed by atoms with Gasteiger partial charge in [-0.15, -0.1) is 0 Å². The van der Waals surface area contributed by atoms with Crippen molar-refractivity contribution in [1.82, 2.24) is 4.41 Å². The zero-order valence-corrected chi connectivity index (χ0v) is 20.5. The van der Waals surface area contributed by atoms with Crippen LogP contribution in [0.15, 0.2) is 82.8 Å². The number of hydrogen-bond acceptors (Lipinski definition) is 7. The van der Waals surface area contributed by atoms with Crippen molar-refractivity contribution in [3.05, 3.63) is 99.9 Å². The summed E-state index contributed by atoms with van der Waals surface area (Å²) in [4.78, 5) is 10.7. The Hall–Kier alpha value is -3.84. The molecular formula is C23H21FN4O6S2. The molecule has 4 rings (SSSR count). The number of hydrogen-bond donors (Lipinski definition) is 1. The number of nitro benzene ring substituents is 1. The summed E-state index contributed by atoms with van der Waals surface area (Å²) in [7, 11) is -7.87. The van der Waals surface area contributed by atoms with E-state index in [1.54, 1.807) is 18.2 Å². The van der Waals surface area contributed by atoms with Gasteiger partial charge in [0.1, 0.15) is 11.9 Å². The second kappa shape index (κ2) is 9.66. The Balaban J connectivity index is 1.78. The number of anilines is 1. The van der Waals surface area contributed by atoms with Crippen LogP contribution in [0.1, 0.15) is 30.5 Å². The van der Waals surface area contributed by atoms with Crippen LogP contribution in [0.25, 0.3) is 0 Å². The molecule has 36 heavy (non-hydrogen) atoms. The summed E-state index contributed by atoms with van der Waals surface area (Å²) in [6.45, 7) is 1.50. The van der Waals surface area contributed by atoms with Crippen LogP contribution in [-0.2, 0) is 20.0 Å². The predicted molar refractivity (Wildman–Crippen MR) is 132 cm³/mol. The first kappa shape index (κ1) is 25.3. The highest BCUT2D eigenvalue weighted by Crippen LogP contribution is 2.40. The molecule has 3 aromatic rings. The zero-order chi connectivity index (χ0) is 26.1. The van der Waals surface area contributed by atoms with Crippen molar-refractivity contribution in [2.45, 2.75) is 24.3 Å². The fourth-order valence-electron chi connectivity index (χ4n) is 3.77. The van der Waals surface area contributed by atoms with Crippen molar-refractivity contribution >= 4 is 37.1 Å². The van der Waals surface area contributed by atoms with E-state index in [2.05, 4.69) is 9.82 Å². The normalized spacial score (nSPS) is 16.0. The monoisotopic (exact) mass is 532 g/mol. The van der Waals surface area contributed by atoms with Crippen LogP contribution in [0.2, 0.25) is 0 Å². The first-order valence-corrected chi connectivity index (χ1v) is 13.8. The maximum Gasteiger partial charge on any atom is 0.279 e. The number of rotatable bonds is 8. The van der Waals surface area contributed by atoms with E-state index in [1.165, 1.54) is 49.4 Å². The van der Waals surface area contributed by atoms with Crippen molar-refractivity contribution in [2.75, 3.05) is 10.5 Å². The average Bonchev–Trinajstić information content (AvgIpc) is 3.30. The standard InChI is InChI=1S/C23H21FN4O6S2/c1-2-35(31,32)26-18-12-10-16(11-13-18)21-15-23(20-8-3-4-9-22(20)28(29)30)27(25-21)36(33,34)19-7-5-6-17(24)14-19/h3-14,23,26H,2,15H2,1H3. The number of benzene rings is 3. The Kier molecular flexibility index (Phi) is 6.78. The molecule has 0 aromatic heterocycles. The summed E-state index contributed by atoms with van der Waals surface area (Å²) in [5.74, 6) is -0.863. The van der Waals surface area contributed by atoms with Gasteiger partial charge in [0, 0.05) is 18.2 Å². The third-order valence-electron chi connectivity index (χ3n) is 5.58. The lowest BCUT2D eigenvalue weighted by molar-refractivity contribution is -0.385. The molecule has 1 aliphatic rings. The quantitative estimate of drug-likeness (QED) is 0.343. The summed E-state index contributed by atoms with van der Waals surface area (Å²) in [6, 6.07) is 15.3. The molecule has 1 aliphatic heterocycles. The predicted octanol–water partition coefficient (Wildman–Crippen LogP) is 4.04. The smallest absolute Gasteiger partial charge is 0.279 e. The lowest BCUT2D eigenvalue weighted by Gasteiger charge is -2.23. The van der Waals surface area contributed by atoms with Crippen molar-refractivity contribution < 1.29 is 26.1 Å². The number of sulfonamides is 2. The van der Waals surface area contributed by atoms with Gasteiger partial charge in [-0.05, 0) is 48.9 Å². The van der Waals surface area contributed by atoms with E-state index in [0.717, 1.165) is 16.5 Å². The summed E-state index contributed by atoms with van der Waals surface area (Å²) >= 11 is 0. The molecule has 1 heterocycles. The van der Waals surface area contributed by atoms with Crippen LogP contribution in [0.4, 0.5) is 15.8 Å². The van der Waals surface area contributed by atoms with E-state index in [4.69, 9.17) is 0 Å². The molecule has 0 saturated carbocycles. The molecule has 0 bridgehead atoms. The van der Waals surface area contributed by atoms with E-state index in [1.807, 2.05) is 0 Å². The molecule has 10 nitrogen and oxygen atoms in total. The molecule has 0 spiro atoms. The van der Waals surface area contributed by atoms with Crippen molar-refractivity contribution in [2.24, 2.45) is 5.10 Å². The third kappa shape index (κ3) is 5.06. The number of nitrogens with one attached hydrogen (secondary N) is 1. The highest BCUT2D eigenvalue weighted by atomic mass is 32.2.